The van der Waals surface area contributed by atoms with Crippen molar-refractivity contribution >= 4 is 0 Å². The third kappa shape index (κ3) is 3.64. The van der Waals surface area contributed by atoms with E-state index in [9.17, 15) is 10.1 Å². The second-order valence-electron chi connectivity index (χ2n) is 12.9. The van der Waals surface area contributed by atoms with E-state index in [4.69, 9.17) is 0 Å². The predicted molar refractivity (Wildman–Crippen MR) is 124 cm³/mol. The zero-order chi connectivity index (χ0) is 21.7. The van der Waals surface area contributed by atoms with E-state index < -0.39 is 0 Å². The molecular weight excluding hydrogens is 370 g/mol. The van der Waals surface area contributed by atoms with Crippen LogP contribution in [0.25, 0.3) is 0 Å². The van der Waals surface area contributed by atoms with Crippen molar-refractivity contribution in [2.75, 3.05) is 0 Å². The van der Waals surface area contributed by atoms with Gasteiger partial charge in [0.1, 0.15) is 0 Å². The average Bonchev–Trinajstić information content (AvgIpc) is 3.03. The van der Waals surface area contributed by atoms with Crippen molar-refractivity contribution in [1.82, 2.24) is 0 Å². The quantitative estimate of drug-likeness (QED) is 0.327. The first-order valence-electron chi connectivity index (χ1n) is 13.3. The molecule has 0 bridgehead atoms. The lowest BCUT2D eigenvalue weighted by atomic mass is 9.43. The van der Waals surface area contributed by atoms with Crippen molar-refractivity contribution in [2.45, 2.75) is 118 Å². The van der Waals surface area contributed by atoms with Crippen LogP contribution in [0.1, 0.15) is 112 Å². The van der Waals surface area contributed by atoms with Gasteiger partial charge in [-0.3, -0.25) is 10.1 Å². The number of rotatable bonds is 6. The van der Waals surface area contributed by atoms with E-state index in [-0.39, 0.29) is 11.0 Å². The van der Waals surface area contributed by atoms with Crippen LogP contribution in [0.15, 0.2) is 0 Å². The number of hydrogen-bond acceptors (Lipinski definition) is 2. The van der Waals surface area contributed by atoms with Crippen LogP contribution in [0.2, 0.25) is 0 Å². The number of nitro groups is 1. The molecule has 0 aromatic heterocycles. The highest BCUT2D eigenvalue weighted by Crippen LogP contribution is 2.68. The molecule has 0 spiro atoms. The van der Waals surface area contributed by atoms with Gasteiger partial charge in [-0.2, -0.15) is 0 Å². The van der Waals surface area contributed by atoms with E-state index in [2.05, 4.69) is 34.6 Å². The third-order valence-electron chi connectivity index (χ3n) is 11.1. The van der Waals surface area contributed by atoms with Gasteiger partial charge < -0.3 is 0 Å². The largest absolute Gasteiger partial charge is 0.264 e. The summed E-state index contributed by atoms with van der Waals surface area (Å²) in [6.45, 7) is 12.2. The van der Waals surface area contributed by atoms with Crippen LogP contribution in [-0.4, -0.2) is 11.0 Å². The number of fused-ring (bicyclic) bond motifs is 5. The summed E-state index contributed by atoms with van der Waals surface area (Å²) in [6.07, 6.45) is 15.2. The molecule has 0 aliphatic heterocycles. The van der Waals surface area contributed by atoms with Crippen molar-refractivity contribution in [2.24, 2.45) is 52.3 Å². The summed E-state index contributed by atoms with van der Waals surface area (Å²) in [5, 5.41) is 12.3. The fourth-order valence-electron chi connectivity index (χ4n) is 9.51. The summed E-state index contributed by atoms with van der Waals surface area (Å²) in [5.41, 5.74) is 0.711. The molecule has 0 unspecified atom stereocenters. The van der Waals surface area contributed by atoms with E-state index in [1.54, 1.807) is 0 Å². The minimum Gasteiger partial charge on any atom is -0.264 e. The molecule has 0 aromatic carbocycles. The van der Waals surface area contributed by atoms with E-state index in [0.29, 0.717) is 34.5 Å². The van der Waals surface area contributed by atoms with E-state index >= 15 is 0 Å². The molecular formula is C27H47NO2. The first-order valence-corrected chi connectivity index (χ1v) is 13.3. The van der Waals surface area contributed by atoms with Crippen molar-refractivity contribution in [3.05, 3.63) is 10.1 Å². The number of nitrogens with zero attached hydrogens (tertiary/aromatic N) is 1. The van der Waals surface area contributed by atoms with Gasteiger partial charge in [-0.15, -0.1) is 0 Å². The zero-order valence-electron chi connectivity index (χ0n) is 20.4. The van der Waals surface area contributed by atoms with Gasteiger partial charge in [-0.1, -0.05) is 66.7 Å². The molecule has 172 valence electrons. The summed E-state index contributed by atoms with van der Waals surface area (Å²) >= 11 is 0. The van der Waals surface area contributed by atoms with Crippen LogP contribution in [0, 0.1) is 62.4 Å². The van der Waals surface area contributed by atoms with Gasteiger partial charge in [0, 0.05) is 17.3 Å². The maximum atomic E-state index is 12.3. The lowest BCUT2D eigenvalue weighted by Crippen LogP contribution is -2.59. The molecule has 0 N–H and O–H groups in total. The van der Waals surface area contributed by atoms with Crippen LogP contribution in [0.3, 0.4) is 0 Å². The first kappa shape index (κ1) is 22.6. The van der Waals surface area contributed by atoms with Crippen molar-refractivity contribution in [3.8, 4) is 0 Å². The maximum Gasteiger partial charge on any atom is 0.216 e. The monoisotopic (exact) mass is 417 g/mol. The highest BCUT2D eigenvalue weighted by atomic mass is 16.6. The van der Waals surface area contributed by atoms with Crippen molar-refractivity contribution < 1.29 is 4.92 Å². The lowest BCUT2D eigenvalue weighted by molar-refractivity contribution is -0.548. The molecule has 9 atom stereocenters. The Balaban J connectivity index is 1.57. The highest BCUT2D eigenvalue weighted by molar-refractivity contribution is 5.11. The van der Waals surface area contributed by atoms with Crippen molar-refractivity contribution in [3.63, 3.8) is 0 Å². The Kier molecular flexibility index (Phi) is 6.32. The Morgan fingerprint density at radius 3 is 2.37 bits per heavy atom. The van der Waals surface area contributed by atoms with Gasteiger partial charge >= 0.3 is 0 Å². The van der Waals surface area contributed by atoms with Gasteiger partial charge in [0.25, 0.3) is 0 Å². The fourth-order valence-corrected chi connectivity index (χ4v) is 9.51. The molecule has 0 amide bonds. The van der Waals surface area contributed by atoms with Gasteiger partial charge in [0.05, 0.1) is 0 Å². The van der Waals surface area contributed by atoms with Crippen LogP contribution >= 0.6 is 0 Å². The Bertz CT molecular complexity index is 632. The Morgan fingerprint density at radius 2 is 1.67 bits per heavy atom. The minimum absolute atomic E-state index is 0.164. The molecule has 4 rings (SSSR count). The second kappa shape index (κ2) is 8.39. The summed E-state index contributed by atoms with van der Waals surface area (Å²) in [7, 11) is 0. The normalized spacial score (nSPS) is 46.7. The SMILES string of the molecule is CC(C)CCC[C@@H](C)[C@@H]1CC[C@@H]2[C@H]3[C@H]([N+](=O)[O-])C[C@H]4CCCC[C@@]4(C)[C@H]3CC[C@@]21C. The molecule has 3 nitrogen and oxygen atoms in total. The minimum atomic E-state index is -0.272. The van der Waals surface area contributed by atoms with Gasteiger partial charge in [0.2, 0.25) is 6.04 Å². The highest BCUT2D eigenvalue weighted by Gasteiger charge is 2.65. The molecule has 0 radical (unpaired) electrons. The summed E-state index contributed by atoms with van der Waals surface area (Å²) in [4.78, 5) is 12.5. The van der Waals surface area contributed by atoms with Crippen LogP contribution < -0.4 is 0 Å². The molecule has 0 heterocycles. The van der Waals surface area contributed by atoms with E-state index in [1.165, 1.54) is 70.6 Å². The van der Waals surface area contributed by atoms with E-state index in [0.717, 1.165) is 24.2 Å². The predicted octanol–water partition coefficient (Wildman–Crippen LogP) is 7.75. The molecule has 30 heavy (non-hydrogen) atoms. The fraction of sp³-hybridized carbons (Fsp3) is 1.00. The summed E-state index contributed by atoms with van der Waals surface area (Å²) in [6, 6.07) is -0.272. The summed E-state index contributed by atoms with van der Waals surface area (Å²) < 4.78 is 0. The van der Waals surface area contributed by atoms with Crippen LogP contribution in [0.4, 0.5) is 0 Å². The van der Waals surface area contributed by atoms with Crippen LogP contribution in [-0.2, 0) is 0 Å². The molecule has 0 saturated heterocycles. The maximum absolute atomic E-state index is 12.3. The topological polar surface area (TPSA) is 43.1 Å². The molecule has 4 aliphatic rings. The average molecular weight is 418 g/mol. The molecule has 4 saturated carbocycles. The van der Waals surface area contributed by atoms with Gasteiger partial charge in [0.15, 0.2) is 0 Å². The van der Waals surface area contributed by atoms with Crippen LogP contribution in [0.5, 0.6) is 0 Å². The molecule has 4 fully saturated rings. The number of hydrogen-bond donors (Lipinski definition) is 0. The van der Waals surface area contributed by atoms with Gasteiger partial charge in [-0.05, 0) is 84.9 Å². The standard InChI is InChI=1S/C27H47NO2/c1-18(2)9-8-10-19(3)21-12-13-22-25-23(14-16-27(21,22)5)26(4)15-7-6-11-20(26)17-24(25)28(29)30/h18-25H,6-17H2,1-5H3/t19-,20-,21+,22-,23+,24-,25-,26-,27-/m1/s1. The summed E-state index contributed by atoms with van der Waals surface area (Å²) in [5.74, 6) is 4.46. The zero-order valence-corrected chi connectivity index (χ0v) is 20.4. The van der Waals surface area contributed by atoms with Gasteiger partial charge in [-0.25, -0.2) is 0 Å². The van der Waals surface area contributed by atoms with Crippen molar-refractivity contribution in [1.29, 1.82) is 0 Å². The Morgan fingerprint density at radius 1 is 0.933 bits per heavy atom. The lowest BCUT2D eigenvalue weighted by Gasteiger charge is -2.60. The molecule has 3 heteroatoms. The Hall–Kier alpha value is -0.600. The molecule has 0 aromatic rings. The van der Waals surface area contributed by atoms with E-state index in [1.807, 2.05) is 0 Å². The third-order valence-corrected chi connectivity index (χ3v) is 11.1. The first-order chi connectivity index (χ1) is 14.2. The smallest absolute Gasteiger partial charge is 0.216 e. The second-order valence-corrected chi connectivity index (χ2v) is 12.9. The molecule has 4 aliphatic carbocycles. The Labute approximate surface area is 185 Å².